The molecule has 0 unspecified atom stereocenters. The first-order valence-corrected chi connectivity index (χ1v) is 9.65. The number of benzene rings is 3. The Bertz CT molecular complexity index is 1270. The highest BCUT2D eigenvalue weighted by molar-refractivity contribution is 7.98. The van der Waals surface area contributed by atoms with Crippen LogP contribution < -0.4 is 5.56 Å². The molecule has 29 heavy (non-hydrogen) atoms. The minimum Gasteiger partial charge on any atom is -0.268 e. The fourth-order valence-electron chi connectivity index (χ4n) is 2.93. The van der Waals surface area contributed by atoms with Crippen molar-refractivity contribution in [2.75, 3.05) is 0 Å². The van der Waals surface area contributed by atoms with E-state index in [0.29, 0.717) is 27.5 Å². The summed E-state index contributed by atoms with van der Waals surface area (Å²) in [6.45, 7) is 0. The molecule has 0 fully saturated rings. The maximum absolute atomic E-state index is 13.4. The summed E-state index contributed by atoms with van der Waals surface area (Å²) in [5.74, 6) is -0.0189. The van der Waals surface area contributed by atoms with E-state index in [1.54, 1.807) is 36.4 Å². The first-order chi connectivity index (χ1) is 14.0. The molecule has 0 atom stereocenters. The monoisotopic (exact) mass is 407 g/mol. The van der Waals surface area contributed by atoms with Crippen molar-refractivity contribution in [3.8, 4) is 5.69 Å². The van der Waals surface area contributed by atoms with Crippen molar-refractivity contribution in [1.29, 1.82) is 0 Å². The van der Waals surface area contributed by atoms with Crippen LogP contribution in [0, 0.1) is 15.9 Å². The van der Waals surface area contributed by atoms with Gasteiger partial charge < -0.3 is 0 Å². The van der Waals surface area contributed by atoms with Gasteiger partial charge in [0.15, 0.2) is 5.16 Å². The molecule has 0 aliphatic carbocycles. The van der Waals surface area contributed by atoms with E-state index in [4.69, 9.17) is 0 Å². The van der Waals surface area contributed by atoms with Crippen LogP contribution in [-0.2, 0) is 5.75 Å². The number of para-hydroxylation sites is 1. The molecule has 0 aliphatic heterocycles. The van der Waals surface area contributed by atoms with Gasteiger partial charge in [-0.1, -0.05) is 36.0 Å². The van der Waals surface area contributed by atoms with Crippen LogP contribution >= 0.6 is 11.8 Å². The fourth-order valence-corrected chi connectivity index (χ4v) is 3.89. The lowest BCUT2D eigenvalue weighted by Crippen LogP contribution is -2.21. The smallest absolute Gasteiger partial charge is 0.268 e. The Morgan fingerprint density at radius 1 is 1.03 bits per heavy atom. The van der Waals surface area contributed by atoms with Crippen molar-refractivity contribution in [1.82, 2.24) is 9.55 Å². The van der Waals surface area contributed by atoms with Gasteiger partial charge in [-0.15, -0.1) is 0 Å². The third-order valence-electron chi connectivity index (χ3n) is 4.32. The molecule has 0 amide bonds. The average molecular weight is 407 g/mol. The molecular weight excluding hydrogens is 393 g/mol. The summed E-state index contributed by atoms with van der Waals surface area (Å²) in [4.78, 5) is 28.3. The normalized spacial score (nSPS) is 10.9. The molecule has 1 heterocycles. The number of thioether (sulfide) groups is 1. The number of hydrogen-bond acceptors (Lipinski definition) is 5. The van der Waals surface area contributed by atoms with Crippen LogP contribution in [0.4, 0.5) is 10.1 Å². The Balaban J connectivity index is 1.79. The Kier molecular flexibility index (Phi) is 5.09. The van der Waals surface area contributed by atoms with Crippen LogP contribution in [0.1, 0.15) is 5.56 Å². The zero-order valence-corrected chi connectivity index (χ0v) is 15.8. The number of aromatic nitrogens is 2. The maximum atomic E-state index is 13.4. The molecule has 4 rings (SSSR count). The second-order valence-electron chi connectivity index (χ2n) is 6.24. The van der Waals surface area contributed by atoms with E-state index in [1.807, 2.05) is 0 Å². The number of nitrogens with zero attached hydrogens (tertiary/aromatic N) is 3. The van der Waals surface area contributed by atoms with E-state index in [-0.39, 0.29) is 11.2 Å². The number of nitro groups is 1. The molecular formula is C21H14FN3O3S. The number of nitro benzene ring substituents is 1. The lowest BCUT2D eigenvalue weighted by atomic mass is 10.2. The SMILES string of the molecule is O=c1c2ccccc2nc(SCc2cccc([N+](=O)[O-])c2)n1-c1ccc(F)cc1. The van der Waals surface area contributed by atoms with E-state index in [2.05, 4.69) is 4.98 Å². The summed E-state index contributed by atoms with van der Waals surface area (Å²) in [6, 6.07) is 18.9. The second kappa shape index (κ2) is 7.84. The van der Waals surface area contributed by atoms with Gasteiger partial charge >= 0.3 is 0 Å². The lowest BCUT2D eigenvalue weighted by Gasteiger charge is -2.13. The molecule has 0 radical (unpaired) electrons. The molecule has 0 bridgehead atoms. The van der Waals surface area contributed by atoms with Crippen molar-refractivity contribution < 1.29 is 9.31 Å². The highest BCUT2D eigenvalue weighted by Gasteiger charge is 2.14. The molecule has 4 aromatic rings. The predicted molar refractivity (Wildman–Crippen MR) is 110 cm³/mol. The van der Waals surface area contributed by atoms with Crippen LogP contribution in [-0.4, -0.2) is 14.5 Å². The summed E-state index contributed by atoms with van der Waals surface area (Å²) in [6.07, 6.45) is 0. The topological polar surface area (TPSA) is 78.0 Å². The van der Waals surface area contributed by atoms with Crippen molar-refractivity contribution in [3.05, 3.63) is 105 Å². The van der Waals surface area contributed by atoms with Crippen molar-refractivity contribution in [2.45, 2.75) is 10.9 Å². The van der Waals surface area contributed by atoms with Gasteiger partial charge in [-0.05, 0) is 42.0 Å². The summed E-state index contributed by atoms with van der Waals surface area (Å²) in [5, 5.41) is 11.9. The van der Waals surface area contributed by atoms with Gasteiger partial charge in [0.25, 0.3) is 11.2 Å². The third-order valence-corrected chi connectivity index (χ3v) is 5.33. The minimum absolute atomic E-state index is 0.00509. The van der Waals surface area contributed by atoms with E-state index in [0.717, 1.165) is 5.56 Å². The Hall–Kier alpha value is -3.52. The quantitative estimate of drug-likeness (QED) is 0.207. The zero-order chi connectivity index (χ0) is 20.4. The number of non-ortho nitro benzene ring substituents is 1. The van der Waals surface area contributed by atoms with Gasteiger partial charge in [0.1, 0.15) is 5.82 Å². The summed E-state index contributed by atoms with van der Waals surface area (Å²) in [5.41, 5.74) is 1.53. The van der Waals surface area contributed by atoms with E-state index in [1.165, 1.54) is 52.7 Å². The third kappa shape index (κ3) is 3.88. The largest absolute Gasteiger partial charge is 0.269 e. The lowest BCUT2D eigenvalue weighted by molar-refractivity contribution is -0.384. The van der Waals surface area contributed by atoms with Crippen LogP contribution in [0.5, 0.6) is 0 Å². The molecule has 0 aliphatic rings. The minimum atomic E-state index is -0.448. The van der Waals surface area contributed by atoms with Crippen LogP contribution in [0.25, 0.3) is 16.6 Å². The number of rotatable bonds is 5. The van der Waals surface area contributed by atoms with Gasteiger partial charge in [0, 0.05) is 17.9 Å². The van der Waals surface area contributed by atoms with Gasteiger partial charge in [-0.2, -0.15) is 0 Å². The molecule has 0 saturated heterocycles. The summed E-state index contributed by atoms with van der Waals surface area (Å²) < 4.78 is 14.8. The molecule has 8 heteroatoms. The summed E-state index contributed by atoms with van der Waals surface area (Å²) in [7, 11) is 0. The zero-order valence-electron chi connectivity index (χ0n) is 15.0. The van der Waals surface area contributed by atoms with Gasteiger partial charge in [-0.25, -0.2) is 9.37 Å². The second-order valence-corrected chi connectivity index (χ2v) is 7.19. The van der Waals surface area contributed by atoms with E-state index < -0.39 is 10.7 Å². The Labute approximate surface area is 168 Å². The van der Waals surface area contributed by atoms with Crippen molar-refractivity contribution >= 4 is 28.4 Å². The predicted octanol–water partition coefficient (Wildman–Crippen LogP) is 4.73. The van der Waals surface area contributed by atoms with Gasteiger partial charge in [-0.3, -0.25) is 19.5 Å². The molecule has 144 valence electrons. The van der Waals surface area contributed by atoms with Crippen molar-refractivity contribution in [3.63, 3.8) is 0 Å². The average Bonchev–Trinajstić information content (AvgIpc) is 2.73. The van der Waals surface area contributed by atoms with Crippen LogP contribution in [0.15, 0.2) is 82.7 Å². The summed E-state index contributed by atoms with van der Waals surface area (Å²) >= 11 is 1.28. The highest BCUT2D eigenvalue weighted by Crippen LogP contribution is 2.26. The highest BCUT2D eigenvalue weighted by atomic mass is 32.2. The standard InChI is InChI=1S/C21H14FN3O3S/c22-15-8-10-16(11-9-15)24-20(26)18-6-1-2-7-19(18)23-21(24)29-13-14-4-3-5-17(12-14)25(27)28/h1-12H,13H2. The first-order valence-electron chi connectivity index (χ1n) is 8.67. The van der Waals surface area contributed by atoms with Crippen molar-refractivity contribution in [2.24, 2.45) is 0 Å². The fraction of sp³-hybridized carbons (Fsp3) is 0.0476. The molecule has 0 N–H and O–H groups in total. The van der Waals surface area contributed by atoms with Crippen LogP contribution in [0.2, 0.25) is 0 Å². The Morgan fingerprint density at radius 2 is 1.79 bits per heavy atom. The first kappa shape index (κ1) is 18.8. The molecule has 0 saturated carbocycles. The molecule has 1 aromatic heterocycles. The molecule has 0 spiro atoms. The molecule has 6 nitrogen and oxygen atoms in total. The maximum Gasteiger partial charge on any atom is 0.269 e. The number of fused-ring (bicyclic) bond motifs is 1. The van der Waals surface area contributed by atoms with Gasteiger partial charge in [0.2, 0.25) is 0 Å². The van der Waals surface area contributed by atoms with E-state index >= 15 is 0 Å². The Morgan fingerprint density at radius 3 is 2.55 bits per heavy atom. The number of halogens is 1. The van der Waals surface area contributed by atoms with E-state index in [9.17, 15) is 19.3 Å². The molecule has 3 aromatic carbocycles. The van der Waals surface area contributed by atoms with Gasteiger partial charge in [0.05, 0.1) is 21.5 Å². The number of hydrogen-bond donors (Lipinski definition) is 0. The van der Waals surface area contributed by atoms with Crippen LogP contribution in [0.3, 0.4) is 0 Å².